The monoisotopic (exact) mass is 220 g/mol. The Kier molecular flexibility index (Phi) is 5.47. The van der Waals surface area contributed by atoms with Crippen LogP contribution < -0.4 is 5.32 Å². The van der Waals surface area contributed by atoms with E-state index in [1.165, 1.54) is 11.3 Å². The Labute approximate surface area is 99.5 Å². The summed E-state index contributed by atoms with van der Waals surface area (Å²) >= 11 is 0. The van der Waals surface area contributed by atoms with Crippen molar-refractivity contribution in [2.24, 2.45) is 5.92 Å². The highest BCUT2D eigenvalue weighted by Crippen LogP contribution is 2.12. The molecule has 0 amide bonds. The Bertz CT molecular complexity index is 288. The molecule has 0 radical (unpaired) electrons. The Morgan fingerprint density at radius 2 is 1.94 bits per heavy atom. The second-order valence-corrected chi connectivity index (χ2v) is 5.09. The first-order chi connectivity index (χ1) is 7.59. The summed E-state index contributed by atoms with van der Waals surface area (Å²) in [7, 11) is 0. The van der Waals surface area contributed by atoms with Crippen molar-refractivity contribution < 1.29 is 0 Å². The van der Waals surface area contributed by atoms with Gasteiger partial charge in [0.25, 0.3) is 0 Å². The summed E-state index contributed by atoms with van der Waals surface area (Å²) in [4.78, 5) is 4.48. The van der Waals surface area contributed by atoms with Crippen LogP contribution >= 0.6 is 0 Å². The van der Waals surface area contributed by atoms with Crippen molar-refractivity contribution in [2.45, 2.75) is 40.0 Å². The maximum absolute atomic E-state index is 4.48. The molecule has 1 aromatic rings. The first kappa shape index (κ1) is 13.2. The lowest BCUT2D eigenvalue weighted by molar-refractivity contribution is 0.552. The van der Waals surface area contributed by atoms with E-state index < -0.39 is 0 Å². The molecule has 2 heteroatoms. The van der Waals surface area contributed by atoms with Crippen LogP contribution in [0.1, 0.15) is 44.9 Å². The Morgan fingerprint density at radius 1 is 1.19 bits per heavy atom. The van der Waals surface area contributed by atoms with Crippen LogP contribution in [-0.4, -0.2) is 18.1 Å². The molecule has 0 aliphatic rings. The number of hydrogen-bond donors (Lipinski definition) is 1. The van der Waals surface area contributed by atoms with Crippen molar-refractivity contribution in [1.82, 2.24) is 10.3 Å². The van der Waals surface area contributed by atoms with Crippen LogP contribution in [0, 0.1) is 5.92 Å². The molecule has 90 valence electrons. The highest BCUT2D eigenvalue weighted by Gasteiger charge is 2.00. The van der Waals surface area contributed by atoms with Gasteiger partial charge in [-0.15, -0.1) is 0 Å². The van der Waals surface area contributed by atoms with Crippen LogP contribution in [-0.2, 0) is 6.42 Å². The van der Waals surface area contributed by atoms with Gasteiger partial charge < -0.3 is 5.32 Å². The molecular weight excluding hydrogens is 196 g/mol. The van der Waals surface area contributed by atoms with E-state index in [0.29, 0.717) is 5.92 Å². The lowest BCUT2D eigenvalue weighted by Gasteiger charge is -2.08. The van der Waals surface area contributed by atoms with E-state index in [2.05, 4.69) is 50.1 Å². The molecule has 1 N–H and O–H groups in total. The molecule has 0 atom stereocenters. The van der Waals surface area contributed by atoms with E-state index in [1.54, 1.807) is 0 Å². The van der Waals surface area contributed by atoms with Crippen LogP contribution in [0.2, 0.25) is 0 Å². The molecule has 0 aromatic carbocycles. The summed E-state index contributed by atoms with van der Waals surface area (Å²) in [6.07, 6.45) is 3.02. The van der Waals surface area contributed by atoms with Gasteiger partial charge >= 0.3 is 0 Å². The lowest BCUT2D eigenvalue weighted by atomic mass is 10.1. The fraction of sp³-hybridized carbons (Fsp3) is 0.643. The summed E-state index contributed by atoms with van der Waals surface area (Å²) in [5.41, 5.74) is 2.50. The van der Waals surface area contributed by atoms with Gasteiger partial charge in [0, 0.05) is 24.9 Å². The maximum atomic E-state index is 4.48. The van der Waals surface area contributed by atoms with Crippen molar-refractivity contribution in [2.75, 3.05) is 13.1 Å². The number of nitrogens with one attached hydrogen (secondary N) is 1. The SMILES string of the molecule is CC(C)CNCCc1ccc(C(C)C)cn1. The zero-order chi connectivity index (χ0) is 12.0. The van der Waals surface area contributed by atoms with Crippen molar-refractivity contribution in [1.29, 1.82) is 0 Å². The van der Waals surface area contributed by atoms with Crippen LogP contribution in [0.5, 0.6) is 0 Å². The van der Waals surface area contributed by atoms with Gasteiger partial charge in [0.05, 0.1) is 0 Å². The summed E-state index contributed by atoms with van der Waals surface area (Å²) in [6.45, 7) is 10.9. The van der Waals surface area contributed by atoms with Gasteiger partial charge in [-0.1, -0.05) is 33.8 Å². The van der Waals surface area contributed by atoms with Gasteiger partial charge in [0.2, 0.25) is 0 Å². The van der Waals surface area contributed by atoms with E-state index >= 15 is 0 Å². The smallest absolute Gasteiger partial charge is 0.0416 e. The molecule has 0 aliphatic carbocycles. The largest absolute Gasteiger partial charge is 0.316 e. The predicted molar refractivity (Wildman–Crippen MR) is 69.7 cm³/mol. The Balaban J connectivity index is 2.32. The zero-order valence-corrected chi connectivity index (χ0v) is 11.0. The van der Waals surface area contributed by atoms with E-state index in [-0.39, 0.29) is 0 Å². The second kappa shape index (κ2) is 6.64. The number of hydrogen-bond acceptors (Lipinski definition) is 2. The van der Waals surface area contributed by atoms with Crippen molar-refractivity contribution in [3.8, 4) is 0 Å². The number of rotatable bonds is 6. The normalized spacial score (nSPS) is 11.4. The molecular formula is C14H24N2. The highest BCUT2D eigenvalue weighted by atomic mass is 14.9. The average molecular weight is 220 g/mol. The second-order valence-electron chi connectivity index (χ2n) is 5.09. The highest BCUT2D eigenvalue weighted by molar-refractivity contribution is 5.17. The Morgan fingerprint density at radius 3 is 2.44 bits per heavy atom. The van der Waals surface area contributed by atoms with Crippen molar-refractivity contribution in [3.05, 3.63) is 29.6 Å². The van der Waals surface area contributed by atoms with E-state index in [4.69, 9.17) is 0 Å². The van der Waals surface area contributed by atoms with E-state index in [0.717, 1.165) is 25.4 Å². The lowest BCUT2D eigenvalue weighted by Crippen LogP contribution is -2.22. The number of aromatic nitrogens is 1. The third kappa shape index (κ3) is 4.75. The minimum Gasteiger partial charge on any atom is -0.316 e. The molecule has 1 heterocycles. The summed E-state index contributed by atoms with van der Waals surface area (Å²) in [6, 6.07) is 4.34. The minimum atomic E-state index is 0.570. The van der Waals surface area contributed by atoms with Gasteiger partial charge in [0.15, 0.2) is 0 Å². The summed E-state index contributed by atoms with van der Waals surface area (Å²) in [5, 5.41) is 3.43. The molecule has 0 aliphatic heterocycles. The topological polar surface area (TPSA) is 24.9 Å². The first-order valence-electron chi connectivity index (χ1n) is 6.25. The van der Waals surface area contributed by atoms with Crippen molar-refractivity contribution >= 4 is 0 Å². The third-order valence-electron chi connectivity index (χ3n) is 2.62. The van der Waals surface area contributed by atoms with Crippen LogP contribution in [0.4, 0.5) is 0 Å². The number of nitrogens with zero attached hydrogens (tertiary/aromatic N) is 1. The average Bonchev–Trinajstić information content (AvgIpc) is 2.25. The first-order valence-corrected chi connectivity index (χ1v) is 6.25. The fourth-order valence-electron chi connectivity index (χ4n) is 1.53. The molecule has 1 aromatic heterocycles. The molecule has 0 spiro atoms. The van der Waals surface area contributed by atoms with E-state index in [1.807, 2.05) is 6.20 Å². The molecule has 0 saturated heterocycles. The molecule has 0 fully saturated rings. The standard InChI is InChI=1S/C14H24N2/c1-11(2)9-15-8-7-14-6-5-13(10-16-14)12(3)4/h5-6,10-12,15H,7-9H2,1-4H3. The molecule has 2 nitrogen and oxygen atoms in total. The van der Waals surface area contributed by atoms with Gasteiger partial charge in [-0.3, -0.25) is 4.98 Å². The third-order valence-corrected chi connectivity index (χ3v) is 2.62. The quantitative estimate of drug-likeness (QED) is 0.745. The van der Waals surface area contributed by atoms with Gasteiger partial charge in [0.1, 0.15) is 0 Å². The van der Waals surface area contributed by atoms with E-state index in [9.17, 15) is 0 Å². The van der Waals surface area contributed by atoms with Crippen LogP contribution in [0.25, 0.3) is 0 Å². The summed E-state index contributed by atoms with van der Waals surface area (Å²) in [5.74, 6) is 1.29. The molecule has 0 unspecified atom stereocenters. The molecule has 0 bridgehead atoms. The fourth-order valence-corrected chi connectivity index (χ4v) is 1.53. The maximum Gasteiger partial charge on any atom is 0.0416 e. The van der Waals surface area contributed by atoms with Crippen LogP contribution in [0.15, 0.2) is 18.3 Å². The van der Waals surface area contributed by atoms with Gasteiger partial charge in [-0.2, -0.15) is 0 Å². The van der Waals surface area contributed by atoms with Crippen LogP contribution in [0.3, 0.4) is 0 Å². The molecule has 1 rings (SSSR count). The van der Waals surface area contributed by atoms with Gasteiger partial charge in [-0.05, 0) is 30.0 Å². The Hall–Kier alpha value is -0.890. The molecule has 16 heavy (non-hydrogen) atoms. The van der Waals surface area contributed by atoms with Crippen molar-refractivity contribution in [3.63, 3.8) is 0 Å². The van der Waals surface area contributed by atoms with Gasteiger partial charge in [-0.25, -0.2) is 0 Å². The predicted octanol–water partition coefficient (Wildman–Crippen LogP) is 2.99. The summed E-state index contributed by atoms with van der Waals surface area (Å²) < 4.78 is 0. The number of pyridine rings is 1. The minimum absolute atomic E-state index is 0.570. The zero-order valence-electron chi connectivity index (χ0n) is 11.0. The molecule has 0 saturated carbocycles.